The van der Waals surface area contributed by atoms with Crippen LogP contribution >= 0.6 is 0 Å². The third-order valence-corrected chi connectivity index (χ3v) is 5.33. The SMILES string of the molecule is C[C](C)(C)[Sn][c]1ccc(=O)n(CC(F)(F)F)n1. The molecule has 0 saturated carbocycles. The molecular formula is C10H13F3N2OSn. The molecule has 0 spiro atoms. The first-order valence-corrected chi connectivity index (χ1v) is 7.85. The quantitative estimate of drug-likeness (QED) is 0.753. The molecule has 1 heterocycles. The van der Waals surface area contributed by atoms with Gasteiger partial charge < -0.3 is 0 Å². The molecule has 2 radical (unpaired) electrons. The average molecular weight is 353 g/mol. The van der Waals surface area contributed by atoms with Crippen molar-refractivity contribution in [3.8, 4) is 0 Å². The van der Waals surface area contributed by atoms with Gasteiger partial charge in [-0.1, -0.05) is 0 Å². The van der Waals surface area contributed by atoms with Crippen LogP contribution in [0.15, 0.2) is 16.9 Å². The fraction of sp³-hybridized carbons (Fsp3) is 0.600. The molecule has 1 aromatic rings. The van der Waals surface area contributed by atoms with Crippen LogP contribution in [0.1, 0.15) is 20.8 Å². The second-order valence-corrected chi connectivity index (χ2v) is 11.2. The van der Waals surface area contributed by atoms with Gasteiger partial charge in [-0.3, -0.25) is 0 Å². The van der Waals surface area contributed by atoms with Crippen LogP contribution in [0.4, 0.5) is 13.2 Å². The number of halogens is 3. The molecule has 0 unspecified atom stereocenters. The van der Waals surface area contributed by atoms with Crippen molar-refractivity contribution in [1.82, 2.24) is 9.78 Å². The van der Waals surface area contributed by atoms with E-state index in [4.69, 9.17) is 0 Å². The first-order valence-electron chi connectivity index (χ1n) is 5.00. The minimum atomic E-state index is -4.41. The molecule has 1 aromatic heterocycles. The Bertz CT molecular complexity index is 448. The number of aromatic nitrogens is 2. The Morgan fingerprint density at radius 2 is 1.88 bits per heavy atom. The van der Waals surface area contributed by atoms with E-state index in [1.54, 1.807) is 6.07 Å². The number of alkyl halides is 3. The average Bonchev–Trinajstić information content (AvgIpc) is 2.05. The molecule has 3 nitrogen and oxygen atoms in total. The van der Waals surface area contributed by atoms with E-state index < -0.39 is 39.4 Å². The van der Waals surface area contributed by atoms with Gasteiger partial charge in [-0.05, 0) is 0 Å². The van der Waals surface area contributed by atoms with Crippen molar-refractivity contribution in [1.29, 1.82) is 0 Å². The van der Waals surface area contributed by atoms with Crippen molar-refractivity contribution in [2.45, 2.75) is 36.9 Å². The van der Waals surface area contributed by atoms with Gasteiger partial charge in [-0.2, -0.15) is 0 Å². The molecule has 7 heteroatoms. The summed E-state index contributed by atoms with van der Waals surface area (Å²) in [6.45, 7) is 4.77. The molecule has 0 aromatic carbocycles. The number of rotatable bonds is 2. The summed E-state index contributed by atoms with van der Waals surface area (Å²) in [5.74, 6) is 0. The van der Waals surface area contributed by atoms with Gasteiger partial charge in [0.05, 0.1) is 0 Å². The van der Waals surface area contributed by atoms with Gasteiger partial charge >= 0.3 is 107 Å². The standard InChI is InChI=1S/C6H4F3N2O.C4H9.Sn/c7-6(8,9)4-11-5(12)2-1-3-10-11;1-4(2)3;/h1-2H,4H2;1-3H3;. The van der Waals surface area contributed by atoms with Crippen molar-refractivity contribution in [2.75, 3.05) is 0 Å². The third kappa shape index (κ3) is 5.56. The van der Waals surface area contributed by atoms with Crippen LogP contribution in [0.25, 0.3) is 0 Å². The van der Waals surface area contributed by atoms with Crippen molar-refractivity contribution in [2.24, 2.45) is 0 Å². The Balaban J connectivity index is 2.99. The predicted molar refractivity (Wildman–Crippen MR) is 59.7 cm³/mol. The van der Waals surface area contributed by atoms with Crippen LogP contribution in [0.5, 0.6) is 0 Å². The summed E-state index contributed by atoms with van der Waals surface area (Å²) < 4.78 is 37.9. The van der Waals surface area contributed by atoms with Gasteiger partial charge in [-0.15, -0.1) is 0 Å². The molecule has 17 heavy (non-hydrogen) atoms. The maximum absolute atomic E-state index is 12.2. The first-order chi connectivity index (χ1) is 7.57. The van der Waals surface area contributed by atoms with Crippen LogP contribution in [0.3, 0.4) is 0 Å². The Hall–Kier alpha value is -0.531. The van der Waals surface area contributed by atoms with E-state index in [-0.39, 0.29) is 3.43 Å². The molecule has 0 bridgehead atoms. The Labute approximate surface area is 107 Å². The van der Waals surface area contributed by atoms with Gasteiger partial charge in [0, 0.05) is 0 Å². The number of hydrogen-bond donors (Lipinski definition) is 0. The maximum atomic E-state index is 12.2. The topological polar surface area (TPSA) is 34.9 Å². The summed E-state index contributed by atoms with van der Waals surface area (Å²) in [7, 11) is 0. The second-order valence-electron chi connectivity index (χ2n) is 4.70. The summed E-state index contributed by atoms with van der Waals surface area (Å²) in [6, 6.07) is 2.72. The number of nitrogens with zero attached hydrogens (tertiary/aromatic N) is 2. The van der Waals surface area contributed by atoms with Gasteiger partial charge in [-0.25, -0.2) is 0 Å². The fourth-order valence-electron chi connectivity index (χ4n) is 1.18. The van der Waals surface area contributed by atoms with Crippen molar-refractivity contribution < 1.29 is 13.2 Å². The Morgan fingerprint density at radius 3 is 2.35 bits per heavy atom. The molecule has 0 saturated heterocycles. The monoisotopic (exact) mass is 354 g/mol. The molecule has 0 aliphatic carbocycles. The molecule has 0 aliphatic rings. The van der Waals surface area contributed by atoms with Crippen molar-refractivity contribution >= 4 is 24.9 Å². The Kier molecular flexibility index (Phi) is 4.27. The second kappa shape index (κ2) is 4.99. The zero-order valence-corrected chi connectivity index (χ0v) is 12.7. The van der Waals surface area contributed by atoms with Crippen molar-refractivity contribution in [3.63, 3.8) is 0 Å². The van der Waals surface area contributed by atoms with E-state index in [0.717, 1.165) is 0 Å². The van der Waals surface area contributed by atoms with E-state index in [1.807, 2.05) is 20.8 Å². The molecule has 94 valence electrons. The predicted octanol–water partition coefficient (Wildman–Crippen LogP) is 1.35. The van der Waals surface area contributed by atoms with Crippen LogP contribution < -0.4 is 9.27 Å². The van der Waals surface area contributed by atoms with E-state index in [9.17, 15) is 18.0 Å². The molecule has 0 fully saturated rings. The number of hydrogen-bond acceptors (Lipinski definition) is 2. The molecule has 0 amide bonds. The third-order valence-electron chi connectivity index (χ3n) is 1.70. The summed E-state index contributed by atoms with van der Waals surface area (Å²) in [6.07, 6.45) is -4.41. The van der Waals surface area contributed by atoms with Crippen LogP contribution in [-0.4, -0.2) is 37.1 Å². The first kappa shape index (κ1) is 14.5. The normalized spacial score (nSPS) is 12.8. The zero-order chi connectivity index (χ0) is 13.3. The van der Waals surface area contributed by atoms with Crippen LogP contribution in [0, 0.1) is 0 Å². The van der Waals surface area contributed by atoms with Gasteiger partial charge in [0.2, 0.25) is 0 Å². The van der Waals surface area contributed by atoms with Crippen LogP contribution in [0.2, 0.25) is 3.43 Å². The Morgan fingerprint density at radius 1 is 1.29 bits per heavy atom. The molecule has 0 atom stereocenters. The van der Waals surface area contributed by atoms with E-state index in [2.05, 4.69) is 5.10 Å². The molecule has 1 rings (SSSR count). The van der Waals surface area contributed by atoms with Gasteiger partial charge in [0.1, 0.15) is 0 Å². The molecule has 0 N–H and O–H groups in total. The fourth-order valence-corrected chi connectivity index (χ4v) is 4.34. The van der Waals surface area contributed by atoms with E-state index in [1.165, 1.54) is 6.07 Å². The summed E-state index contributed by atoms with van der Waals surface area (Å²) in [5, 5.41) is 3.80. The zero-order valence-electron chi connectivity index (χ0n) is 9.80. The molecule has 0 aliphatic heterocycles. The minimum absolute atomic E-state index is 0.0802. The van der Waals surface area contributed by atoms with E-state index in [0.29, 0.717) is 8.39 Å². The van der Waals surface area contributed by atoms with Crippen molar-refractivity contribution in [3.05, 3.63) is 22.5 Å². The summed E-state index contributed by atoms with van der Waals surface area (Å²) in [5.41, 5.74) is -0.709. The van der Waals surface area contributed by atoms with Gasteiger partial charge in [0.25, 0.3) is 0 Å². The molecular weight excluding hydrogens is 340 g/mol. The summed E-state index contributed by atoms with van der Waals surface area (Å²) in [4.78, 5) is 11.2. The summed E-state index contributed by atoms with van der Waals surface area (Å²) >= 11 is -1.10. The van der Waals surface area contributed by atoms with E-state index >= 15 is 0 Å². The van der Waals surface area contributed by atoms with Gasteiger partial charge in [0.15, 0.2) is 0 Å². The van der Waals surface area contributed by atoms with Crippen LogP contribution in [-0.2, 0) is 6.54 Å².